The fourth-order valence-electron chi connectivity index (χ4n) is 3.41. The minimum Gasteiger partial charge on any atom is -0.296 e. The summed E-state index contributed by atoms with van der Waals surface area (Å²) in [4.78, 5) is 2.70. The molecule has 0 aromatic heterocycles. The summed E-state index contributed by atoms with van der Waals surface area (Å²) in [5, 5.41) is 1.14. The van der Waals surface area contributed by atoms with E-state index < -0.39 is 0 Å². The van der Waals surface area contributed by atoms with Gasteiger partial charge in [-0.1, -0.05) is 33.6 Å². The summed E-state index contributed by atoms with van der Waals surface area (Å²) in [5.41, 5.74) is 5.86. The van der Waals surface area contributed by atoms with Crippen LogP contribution in [0.1, 0.15) is 47.9 Å². The van der Waals surface area contributed by atoms with Crippen LogP contribution in [0.2, 0.25) is 0 Å². The van der Waals surface area contributed by atoms with Crippen molar-refractivity contribution in [1.82, 2.24) is 4.90 Å². The van der Waals surface area contributed by atoms with Crippen molar-refractivity contribution in [1.29, 1.82) is 0 Å². The van der Waals surface area contributed by atoms with Gasteiger partial charge >= 0.3 is 0 Å². The Morgan fingerprint density at radius 1 is 1.21 bits per heavy atom. The zero-order chi connectivity index (χ0) is 13.8. The predicted molar refractivity (Wildman–Crippen MR) is 87.1 cm³/mol. The Hall–Kier alpha value is -0.340. The molecule has 0 N–H and O–H groups in total. The van der Waals surface area contributed by atoms with Crippen LogP contribution in [0.4, 0.5) is 0 Å². The third-order valence-electron chi connectivity index (χ3n) is 4.37. The third kappa shape index (κ3) is 3.82. The molecule has 0 bridgehead atoms. The largest absolute Gasteiger partial charge is 0.296 e. The van der Waals surface area contributed by atoms with E-state index in [-0.39, 0.29) is 0 Å². The van der Waals surface area contributed by atoms with Gasteiger partial charge in [-0.15, -0.1) is 0 Å². The Bertz CT molecular complexity index is 404. The van der Waals surface area contributed by atoms with E-state index in [2.05, 4.69) is 53.7 Å². The molecule has 0 aliphatic carbocycles. The molecule has 0 spiro atoms. The first-order valence-electron chi connectivity index (χ1n) is 7.48. The summed E-state index contributed by atoms with van der Waals surface area (Å²) in [6.45, 7) is 9.14. The molecule has 1 nitrogen and oxygen atoms in total. The van der Waals surface area contributed by atoms with Crippen molar-refractivity contribution >= 4 is 15.9 Å². The zero-order valence-corrected chi connectivity index (χ0v) is 14.1. The van der Waals surface area contributed by atoms with Gasteiger partial charge in [0, 0.05) is 17.9 Å². The standard InChI is InChI=1S/C17H26BrN/c1-13-10-14(2)17(15(3)11-13)12-19-9-5-7-16(19)6-4-8-18/h10-11,16H,4-9,12H2,1-3H3. The molecule has 0 amide bonds. The summed E-state index contributed by atoms with van der Waals surface area (Å²) >= 11 is 3.56. The maximum atomic E-state index is 3.56. The molecule has 1 saturated heterocycles. The van der Waals surface area contributed by atoms with E-state index in [0.29, 0.717) is 0 Å². The van der Waals surface area contributed by atoms with Gasteiger partial charge in [0.05, 0.1) is 0 Å². The molecule has 0 saturated carbocycles. The number of halogens is 1. The second-order valence-electron chi connectivity index (χ2n) is 5.98. The highest BCUT2D eigenvalue weighted by Crippen LogP contribution is 2.26. The molecule has 1 unspecified atom stereocenters. The third-order valence-corrected chi connectivity index (χ3v) is 4.93. The van der Waals surface area contributed by atoms with E-state index in [1.165, 1.54) is 48.9 Å². The molecule has 0 radical (unpaired) electrons. The molecule has 1 aliphatic rings. The molecule has 1 atom stereocenters. The summed E-state index contributed by atoms with van der Waals surface area (Å²) in [5.74, 6) is 0. The highest BCUT2D eigenvalue weighted by molar-refractivity contribution is 9.09. The molecule has 1 aliphatic heterocycles. The van der Waals surface area contributed by atoms with E-state index >= 15 is 0 Å². The summed E-state index contributed by atoms with van der Waals surface area (Å²) in [6.07, 6.45) is 5.40. The first kappa shape index (κ1) is 15.1. The molecular formula is C17H26BrN. The molecule has 1 aromatic rings. The lowest BCUT2D eigenvalue weighted by molar-refractivity contribution is 0.233. The maximum absolute atomic E-state index is 3.56. The Morgan fingerprint density at radius 2 is 1.89 bits per heavy atom. The number of benzene rings is 1. The van der Waals surface area contributed by atoms with Crippen LogP contribution in [0.3, 0.4) is 0 Å². The Labute approximate surface area is 126 Å². The van der Waals surface area contributed by atoms with Gasteiger partial charge in [-0.05, 0) is 69.7 Å². The Balaban J connectivity index is 2.08. The van der Waals surface area contributed by atoms with Gasteiger partial charge < -0.3 is 0 Å². The molecule has 1 heterocycles. The lowest BCUT2D eigenvalue weighted by Crippen LogP contribution is -2.29. The van der Waals surface area contributed by atoms with Gasteiger partial charge in [-0.2, -0.15) is 0 Å². The van der Waals surface area contributed by atoms with Crippen LogP contribution in [-0.2, 0) is 6.54 Å². The van der Waals surface area contributed by atoms with Crippen molar-refractivity contribution in [3.63, 3.8) is 0 Å². The van der Waals surface area contributed by atoms with Gasteiger partial charge in [-0.3, -0.25) is 4.90 Å². The molecule has 1 aromatic carbocycles. The van der Waals surface area contributed by atoms with Crippen molar-refractivity contribution in [3.05, 3.63) is 34.4 Å². The second-order valence-corrected chi connectivity index (χ2v) is 6.77. The normalized spacial score (nSPS) is 20.1. The molecule has 1 fully saturated rings. The fraction of sp³-hybridized carbons (Fsp3) is 0.647. The zero-order valence-electron chi connectivity index (χ0n) is 12.5. The highest BCUT2D eigenvalue weighted by atomic mass is 79.9. The Kier molecular flexibility index (Phi) is 5.47. The van der Waals surface area contributed by atoms with Crippen LogP contribution in [0.25, 0.3) is 0 Å². The average Bonchev–Trinajstić information content (AvgIpc) is 2.78. The first-order valence-corrected chi connectivity index (χ1v) is 8.60. The smallest absolute Gasteiger partial charge is 0.0241 e. The number of likely N-dealkylation sites (tertiary alicyclic amines) is 1. The topological polar surface area (TPSA) is 3.24 Å². The minimum absolute atomic E-state index is 0.803. The summed E-state index contributed by atoms with van der Waals surface area (Å²) in [6, 6.07) is 5.45. The number of rotatable bonds is 5. The SMILES string of the molecule is Cc1cc(C)c(CN2CCCC2CCCBr)c(C)c1. The van der Waals surface area contributed by atoms with E-state index in [9.17, 15) is 0 Å². The quantitative estimate of drug-likeness (QED) is 0.707. The van der Waals surface area contributed by atoms with Gasteiger partial charge in [-0.25, -0.2) is 0 Å². The number of aryl methyl sites for hydroxylation is 3. The summed E-state index contributed by atoms with van der Waals surface area (Å²) in [7, 11) is 0. The monoisotopic (exact) mass is 323 g/mol. The Morgan fingerprint density at radius 3 is 2.53 bits per heavy atom. The van der Waals surface area contributed by atoms with Crippen LogP contribution in [-0.4, -0.2) is 22.8 Å². The van der Waals surface area contributed by atoms with Gasteiger partial charge in [0.1, 0.15) is 0 Å². The van der Waals surface area contributed by atoms with Gasteiger partial charge in [0.2, 0.25) is 0 Å². The van der Waals surface area contributed by atoms with E-state index in [1.54, 1.807) is 5.56 Å². The lowest BCUT2D eigenvalue weighted by atomic mass is 9.99. The van der Waals surface area contributed by atoms with Crippen LogP contribution in [0, 0.1) is 20.8 Å². The average molecular weight is 324 g/mol. The van der Waals surface area contributed by atoms with Crippen LogP contribution in [0.5, 0.6) is 0 Å². The van der Waals surface area contributed by atoms with Crippen molar-refractivity contribution in [2.24, 2.45) is 0 Å². The van der Waals surface area contributed by atoms with Crippen molar-refractivity contribution in [3.8, 4) is 0 Å². The number of hydrogen-bond donors (Lipinski definition) is 0. The minimum atomic E-state index is 0.803. The predicted octanol–water partition coefficient (Wildman–Crippen LogP) is 4.75. The lowest BCUT2D eigenvalue weighted by Gasteiger charge is -2.26. The number of nitrogens with zero attached hydrogens (tertiary/aromatic N) is 1. The van der Waals surface area contributed by atoms with Gasteiger partial charge in [0.25, 0.3) is 0 Å². The molecular weight excluding hydrogens is 298 g/mol. The second kappa shape index (κ2) is 6.90. The van der Waals surface area contributed by atoms with E-state index in [0.717, 1.165) is 17.9 Å². The molecule has 19 heavy (non-hydrogen) atoms. The van der Waals surface area contributed by atoms with Crippen molar-refractivity contribution in [2.45, 2.75) is 59.0 Å². The van der Waals surface area contributed by atoms with E-state index in [1.807, 2.05) is 0 Å². The number of hydrogen-bond acceptors (Lipinski definition) is 1. The van der Waals surface area contributed by atoms with Gasteiger partial charge in [0.15, 0.2) is 0 Å². The molecule has 2 rings (SSSR count). The summed E-state index contributed by atoms with van der Waals surface area (Å²) < 4.78 is 0. The number of alkyl halides is 1. The van der Waals surface area contributed by atoms with Crippen molar-refractivity contribution < 1.29 is 0 Å². The van der Waals surface area contributed by atoms with Crippen LogP contribution < -0.4 is 0 Å². The van der Waals surface area contributed by atoms with Crippen molar-refractivity contribution in [2.75, 3.05) is 11.9 Å². The molecule has 2 heteroatoms. The highest BCUT2D eigenvalue weighted by Gasteiger charge is 2.24. The maximum Gasteiger partial charge on any atom is 0.0241 e. The van der Waals surface area contributed by atoms with E-state index in [4.69, 9.17) is 0 Å². The first-order chi connectivity index (χ1) is 9.11. The van der Waals surface area contributed by atoms with Crippen LogP contribution in [0.15, 0.2) is 12.1 Å². The van der Waals surface area contributed by atoms with Crippen LogP contribution >= 0.6 is 15.9 Å². The molecule has 106 valence electrons. The fourth-order valence-corrected chi connectivity index (χ4v) is 3.73.